The van der Waals surface area contributed by atoms with Crippen LogP contribution in [0.3, 0.4) is 0 Å². The van der Waals surface area contributed by atoms with Crippen LogP contribution in [0.5, 0.6) is 11.5 Å². The van der Waals surface area contributed by atoms with Gasteiger partial charge < -0.3 is 9.84 Å². The van der Waals surface area contributed by atoms with Gasteiger partial charge in [-0.15, -0.1) is 0 Å². The molecular weight excluding hydrogens is 532 g/mol. The Labute approximate surface area is 247 Å². The van der Waals surface area contributed by atoms with Crippen LogP contribution in [0.15, 0.2) is 29.8 Å². The molecule has 3 saturated carbocycles. The fraction of sp³-hybridized carbons (Fsp3) is 0.647. The zero-order valence-electron chi connectivity index (χ0n) is 24.5. The maximum Gasteiger partial charge on any atom is 0.234 e. The number of allylic oxidation sites excluding steroid dienone is 2. The van der Waals surface area contributed by atoms with Gasteiger partial charge in [0.05, 0.1) is 30.3 Å². The zero-order valence-corrected chi connectivity index (χ0v) is 24.5. The molecule has 7 rings (SSSR count). The molecule has 0 radical (unpaired) electrons. The normalized spacial score (nSPS) is 33.9. The summed E-state index contributed by atoms with van der Waals surface area (Å²) in [6.07, 6.45) is 12.6. The van der Waals surface area contributed by atoms with Crippen LogP contribution < -0.4 is 4.74 Å². The van der Waals surface area contributed by atoms with Gasteiger partial charge in [-0.3, -0.25) is 29.0 Å². The number of carbonyl (C=O) groups is 4. The predicted molar refractivity (Wildman–Crippen MR) is 154 cm³/mol. The third-order valence-electron chi connectivity index (χ3n) is 11.3. The van der Waals surface area contributed by atoms with E-state index in [1.165, 1.54) is 0 Å². The van der Waals surface area contributed by atoms with Crippen molar-refractivity contribution in [2.75, 3.05) is 6.61 Å². The van der Waals surface area contributed by atoms with E-state index < -0.39 is 29.6 Å². The Kier molecular flexibility index (Phi) is 7.14. The second kappa shape index (κ2) is 10.8. The first kappa shape index (κ1) is 27.7. The van der Waals surface area contributed by atoms with E-state index in [1.807, 2.05) is 19.1 Å². The minimum atomic E-state index is -0.636. The van der Waals surface area contributed by atoms with Crippen LogP contribution in [-0.4, -0.2) is 57.2 Å². The third kappa shape index (κ3) is 4.15. The number of para-hydroxylation sites is 1. The topological polar surface area (TPSA) is 104 Å². The smallest absolute Gasteiger partial charge is 0.234 e. The number of hydrogen-bond donors (Lipinski definition) is 1. The summed E-state index contributed by atoms with van der Waals surface area (Å²) in [6, 6.07) is 5.23. The van der Waals surface area contributed by atoms with Gasteiger partial charge in [0.15, 0.2) is 11.5 Å². The van der Waals surface area contributed by atoms with Gasteiger partial charge in [0.1, 0.15) is 0 Å². The van der Waals surface area contributed by atoms with Crippen LogP contribution in [0.1, 0.15) is 95.5 Å². The summed E-state index contributed by atoms with van der Waals surface area (Å²) in [5.74, 6) is -3.14. The zero-order chi connectivity index (χ0) is 29.1. The summed E-state index contributed by atoms with van der Waals surface area (Å²) in [6.45, 7) is 2.23. The highest BCUT2D eigenvalue weighted by atomic mass is 16.5. The average molecular weight is 575 g/mol. The molecule has 6 aliphatic rings. The molecule has 42 heavy (non-hydrogen) atoms. The van der Waals surface area contributed by atoms with Crippen LogP contribution in [0.25, 0.3) is 0 Å². The number of hydrogen-bond acceptors (Lipinski definition) is 6. The number of phenolic OH excluding ortho intramolecular Hbond substituents is 1. The summed E-state index contributed by atoms with van der Waals surface area (Å²) in [4.78, 5) is 59.4. The van der Waals surface area contributed by atoms with Crippen molar-refractivity contribution < 1.29 is 29.0 Å². The van der Waals surface area contributed by atoms with Gasteiger partial charge in [0, 0.05) is 23.6 Å². The molecule has 1 aromatic rings. The van der Waals surface area contributed by atoms with Crippen molar-refractivity contribution in [1.29, 1.82) is 0 Å². The number of carbonyl (C=O) groups excluding carboxylic acids is 4. The maximum absolute atomic E-state index is 14.3. The lowest BCUT2D eigenvalue weighted by molar-refractivity contribution is -0.145. The highest BCUT2D eigenvalue weighted by molar-refractivity contribution is 6.08. The number of ether oxygens (including phenoxy) is 1. The van der Waals surface area contributed by atoms with Gasteiger partial charge in [-0.05, 0) is 57.4 Å². The highest BCUT2D eigenvalue weighted by Gasteiger charge is 2.63. The van der Waals surface area contributed by atoms with Gasteiger partial charge in [-0.25, -0.2) is 0 Å². The Bertz CT molecular complexity index is 1330. The fourth-order valence-corrected chi connectivity index (χ4v) is 9.45. The lowest BCUT2D eigenvalue weighted by atomic mass is 9.57. The number of rotatable bonds is 5. The van der Waals surface area contributed by atoms with Gasteiger partial charge in [0.2, 0.25) is 23.6 Å². The van der Waals surface area contributed by atoms with Crippen LogP contribution in [-0.2, 0) is 19.2 Å². The molecule has 5 fully saturated rings. The SMILES string of the molecule is CCOc1cccc(C2C3=CCC4C(=O)N(C5CCCCC5)C(=O)C4C3CC3C(=O)N(C4CCCCC4)C(=O)C32)c1O. The summed E-state index contributed by atoms with van der Waals surface area (Å²) in [5, 5.41) is 11.5. The quantitative estimate of drug-likeness (QED) is 0.388. The second-order valence-corrected chi connectivity index (χ2v) is 13.3. The molecule has 2 aliphatic heterocycles. The molecule has 4 amide bonds. The van der Waals surface area contributed by atoms with Crippen molar-refractivity contribution in [2.24, 2.45) is 29.6 Å². The number of phenols is 1. The molecule has 0 aromatic heterocycles. The van der Waals surface area contributed by atoms with Gasteiger partial charge >= 0.3 is 0 Å². The third-order valence-corrected chi connectivity index (χ3v) is 11.3. The number of nitrogens with zero attached hydrogens (tertiary/aromatic N) is 2. The van der Waals surface area contributed by atoms with E-state index in [0.29, 0.717) is 30.8 Å². The van der Waals surface area contributed by atoms with Crippen molar-refractivity contribution in [3.05, 3.63) is 35.4 Å². The monoisotopic (exact) mass is 574 g/mol. The van der Waals surface area contributed by atoms with E-state index in [9.17, 15) is 24.3 Å². The number of amides is 4. The Morgan fingerprint density at radius 2 is 1.36 bits per heavy atom. The standard InChI is InChI=1S/C34H42N2O6/c1-2-42-26-15-9-14-22(30(26)37)27-21-16-17-23-28(33(40)35(31(23)38)19-10-5-3-6-11-19)24(21)18-25-29(27)34(41)36(32(25)39)20-12-7-4-8-13-20/h9,14-16,19-20,23-25,27-29,37H,2-8,10-13,17-18H2,1H3. The van der Waals surface area contributed by atoms with Crippen molar-refractivity contribution in [3.8, 4) is 11.5 Å². The predicted octanol–water partition coefficient (Wildman–Crippen LogP) is 5.09. The molecular formula is C34H42N2O6. The van der Waals surface area contributed by atoms with E-state index in [4.69, 9.17) is 4.74 Å². The Hall–Kier alpha value is -3.16. The summed E-state index contributed by atoms with van der Waals surface area (Å²) in [5.41, 5.74) is 1.50. The lowest BCUT2D eigenvalue weighted by Crippen LogP contribution is -2.44. The molecule has 4 aliphatic carbocycles. The van der Waals surface area contributed by atoms with Crippen LogP contribution in [0.4, 0.5) is 0 Å². The Balaban J connectivity index is 1.31. The van der Waals surface area contributed by atoms with Crippen LogP contribution in [0, 0.1) is 29.6 Å². The number of benzene rings is 1. The van der Waals surface area contributed by atoms with Crippen LogP contribution in [0.2, 0.25) is 0 Å². The Morgan fingerprint density at radius 1 is 0.762 bits per heavy atom. The van der Waals surface area contributed by atoms with Crippen LogP contribution >= 0.6 is 0 Å². The molecule has 0 spiro atoms. The number of likely N-dealkylation sites (tertiary alicyclic amines) is 2. The first-order chi connectivity index (χ1) is 20.4. The molecule has 8 nitrogen and oxygen atoms in total. The molecule has 0 bridgehead atoms. The molecule has 8 heteroatoms. The lowest BCUT2D eigenvalue weighted by Gasteiger charge is -2.44. The van der Waals surface area contributed by atoms with Gasteiger partial charge in [-0.1, -0.05) is 62.3 Å². The van der Waals surface area contributed by atoms with E-state index in [0.717, 1.165) is 69.8 Å². The van der Waals surface area contributed by atoms with E-state index in [-0.39, 0.29) is 47.4 Å². The molecule has 1 N–H and O–H groups in total. The van der Waals surface area contributed by atoms with Gasteiger partial charge in [-0.2, -0.15) is 0 Å². The minimum Gasteiger partial charge on any atom is -0.504 e. The highest BCUT2D eigenvalue weighted by Crippen LogP contribution is 2.60. The second-order valence-electron chi connectivity index (χ2n) is 13.3. The van der Waals surface area contributed by atoms with Gasteiger partial charge in [0.25, 0.3) is 0 Å². The molecule has 1 aromatic carbocycles. The minimum absolute atomic E-state index is 0.0132. The van der Waals surface area contributed by atoms with Crippen molar-refractivity contribution in [2.45, 2.75) is 102 Å². The summed E-state index contributed by atoms with van der Waals surface area (Å²) < 4.78 is 5.72. The summed E-state index contributed by atoms with van der Waals surface area (Å²) in [7, 11) is 0. The number of aromatic hydroxyl groups is 1. The maximum atomic E-state index is 14.3. The van der Waals surface area contributed by atoms with Crippen molar-refractivity contribution in [1.82, 2.24) is 9.80 Å². The van der Waals surface area contributed by atoms with Crippen molar-refractivity contribution in [3.63, 3.8) is 0 Å². The van der Waals surface area contributed by atoms with E-state index >= 15 is 0 Å². The first-order valence-corrected chi connectivity index (χ1v) is 16.3. The molecule has 2 saturated heterocycles. The molecule has 224 valence electrons. The molecule has 6 atom stereocenters. The number of imide groups is 2. The van der Waals surface area contributed by atoms with E-state index in [2.05, 4.69) is 6.08 Å². The largest absolute Gasteiger partial charge is 0.504 e. The molecule has 2 heterocycles. The fourth-order valence-electron chi connectivity index (χ4n) is 9.45. The average Bonchev–Trinajstić information content (AvgIpc) is 3.42. The Morgan fingerprint density at radius 3 is 1.98 bits per heavy atom. The van der Waals surface area contributed by atoms with Crippen molar-refractivity contribution >= 4 is 23.6 Å². The molecule has 6 unspecified atom stereocenters. The number of fused-ring (bicyclic) bond motifs is 4. The summed E-state index contributed by atoms with van der Waals surface area (Å²) >= 11 is 0. The first-order valence-electron chi connectivity index (χ1n) is 16.3. The van der Waals surface area contributed by atoms with E-state index in [1.54, 1.807) is 15.9 Å².